The van der Waals surface area contributed by atoms with E-state index in [1.165, 1.54) is 23.5 Å². The second kappa shape index (κ2) is 7.53. The van der Waals surface area contributed by atoms with Crippen LogP contribution < -0.4 is 10.4 Å². The fourth-order valence-corrected chi connectivity index (χ4v) is 3.72. The van der Waals surface area contributed by atoms with Crippen molar-refractivity contribution in [3.63, 3.8) is 0 Å². The number of hydrogen-bond donors (Lipinski definition) is 0. The van der Waals surface area contributed by atoms with E-state index in [0.717, 1.165) is 5.56 Å². The van der Waals surface area contributed by atoms with Crippen molar-refractivity contribution >= 4 is 32.9 Å². The Labute approximate surface area is 163 Å². The maximum atomic E-state index is 13.1. The fraction of sp³-hybridized carbons (Fsp3) is 0.0500. The summed E-state index contributed by atoms with van der Waals surface area (Å²) >= 11 is 1.30. The highest BCUT2D eigenvalue weighted by Gasteiger charge is 2.09. The fourth-order valence-electron chi connectivity index (χ4n) is 2.76. The van der Waals surface area contributed by atoms with Gasteiger partial charge in [0.15, 0.2) is 4.80 Å². The predicted molar refractivity (Wildman–Crippen MR) is 108 cm³/mol. The molecule has 138 valence electrons. The van der Waals surface area contributed by atoms with Crippen LogP contribution in [-0.4, -0.2) is 14.5 Å². The number of rotatable bonds is 4. The Morgan fingerprint density at radius 1 is 1.04 bits per heavy atom. The number of nitro benzene ring substituents is 1. The molecule has 0 aliphatic rings. The minimum atomic E-state index is -0.461. The van der Waals surface area contributed by atoms with Crippen LogP contribution in [0.4, 0.5) is 11.4 Å². The Kier molecular flexibility index (Phi) is 4.77. The van der Waals surface area contributed by atoms with Gasteiger partial charge in [0.05, 0.1) is 22.5 Å². The van der Waals surface area contributed by atoms with Gasteiger partial charge < -0.3 is 0 Å². The van der Waals surface area contributed by atoms with Crippen molar-refractivity contribution in [1.29, 1.82) is 0 Å². The maximum absolute atomic E-state index is 13.1. The number of pyridine rings is 1. The van der Waals surface area contributed by atoms with Crippen LogP contribution in [0.25, 0.3) is 10.2 Å². The third-order valence-corrected chi connectivity index (χ3v) is 5.15. The summed E-state index contributed by atoms with van der Waals surface area (Å²) in [6.45, 7) is 0.368. The van der Waals surface area contributed by atoms with Crippen LogP contribution in [0.2, 0.25) is 0 Å². The average molecular weight is 390 g/mol. The average Bonchev–Trinajstić information content (AvgIpc) is 2.72. The smallest absolute Gasteiger partial charge is 0.269 e. The van der Waals surface area contributed by atoms with Crippen LogP contribution in [0.5, 0.6) is 0 Å². The molecule has 0 atom stereocenters. The molecular weight excluding hydrogens is 376 g/mol. The van der Waals surface area contributed by atoms with E-state index in [2.05, 4.69) is 9.98 Å². The molecule has 4 rings (SSSR count). The third kappa shape index (κ3) is 3.58. The molecule has 2 aromatic heterocycles. The molecule has 0 aliphatic heterocycles. The van der Waals surface area contributed by atoms with Gasteiger partial charge in [0, 0.05) is 18.3 Å². The first-order valence-electron chi connectivity index (χ1n) is 8.43. The van der Waals surface area contributed by atoms with Crippen LogP contribution in [0.3, 0.4) is 0 Å². The second-order valence-electron chi connectivity index (χ2n) is 6.00. The topological polar surface area (TPSA) is 90.4 Å². The number of nitrogens with zero attached hydrogens (tertiary/aromatic N) is 4. The molecule has 8 heteroatoms. The summed E-state index contributed by atoms with van der Waals surface area (Å²) in [6.07, 6.45) is 1.63. The first-order valence-corrected chi connectivity index (χ1v) is 9.25. The first kappa shape index (κ1) is 17.7. The highest BCUT2D eigenvalue weighted by molar-refractivity contribution is 7.15. The van der Waals surface area contributed by atoms with Gasteiger partial charge in [0.1, 0.15) is 4.83 Å². The van der Waals surface area contributed by atoms with Crippen molar-refractivity contribution in [1.82, 2.24) is 9.55 Å². The van der Waals surface area contributed by atoms with Crippen LogP contribution in [0.15, 0.2) is 82.7 Å². The zero-order chi connectivity index (χ0) is 19.5. The van der Waals surface area contributed by atoms with Crippen LogP contribution >= 0.6 is 11.3 Å². The molecule has 0 fully saturated rings. The lowest BCUT2D eigenvalue weighted by atomic mass is 10.2. The van der Waals surface area contributed by atoms with E-state index in [4.69, 9.17) is 0 Å². The predicted octanol–water partition coefficient (Wildman–Crippen LogP) is 3.65. The highest BCUT2D eigenvalue weighted by atomic mass is 32.1. The number of hydrogen-bond acceptors (Lipinski definition) is 6. The van der Waals surface area contributed by atoms with Gasteiger partial charge in [-0.15, -0.1) is 0 Å². The molecule has 2 aromatic carbocycles. The molecule has 7 nitrogen and oxygen atoms in total. The number of aromatic nitrogens is 2. The molecule has 0 amide bonds. The lowest BCUT2D eigenvalue weighted by molar-refractivity contribution is -0.384. The molecule has 0 N–H and O–H groups in total. The van der Waals surface area contributed by atoms with Crippen molar-refractivity contribution in [3.8, 4) is 0 Å². The Bertz CT molecular complexity index is 1280. The zero-order valence-electron chi connectivity index (χ0n) is 14.6. The van der Waals surface area contributed by atoms with Crippen LogP contribution in [0, 0.1) is 10.1 Å². The molecule has 0 unspecified atom stereocenters. The maximum Gasteiger partial charge on any atom is 0.269 e. The van der Waals surface area contributed by atoms with Crippen molar-refractivity contribution in [2.24, 2.45) is 4.99 Å². The van der Waals surface area contributed by atoms with Gasteiger partial charge in [-0.25, -0.2) is 9.98 Å². The van der Waals surface area contributed by atoms with Crippen molar-refractivity contribution in [2.75, 3.05) is 0 Å². The van der Waals surface area contributed by atoms with E-state index in [9.17, 15) is 14.9 Å². The molecule has 2 heterocycles. The number of benzene rings is 2. The van der Waals surface area contributed by atoms with Gasteiger partial charge >= 0.3 is 0 Å². The van der Waals surface area contributed by atoms with Crippen molar-refractivity contribution < 1.29 is 4.92 Å². The lowest BCUT2D eigenvalue weighted by Gasteiger charge is -2.08. The van der Waals surface area contributed by atoms with Gasteiger partial charge in [-0.3, -0.25) is 19.5 Å². The van der Waals surface area contributed by atoms with Crippen molar-refractivity contribution in [3.05, 3.63) is 104 Å². The van der Waals surface area contributed by atoms with E-state index in [1.807, 2.05) is 30.3 Å². The number of nitro groups is 1. The van der Waals surface area contributed by atoms with E-state index >= 15 is 0 Å². The standard InChI is InChI=1S/C20H14N4O3S/c25-19-17-7-4-12-21-18(17)28-20(23(19)13-14-5-2-1-3-6-14)22-15-8-10-16(11-9-15)24(26)27/h1-12H,13H2. The van der Waals surface area contributed by atoms with Gasteiger partial charge in [-0.05, 0) is 29.8 Å². The van der Waals surface area contributed by atoms with E-state index in [-0.39, 0.29) is 11.2 Å². The zero-order valence-corrected chi connectivity index (χ0v) is 15.4. The SMILES string of the molecule is O=c1c2cccnc2sc(=Nc2ccc([N+](=O)[O-])cc2)n1Cc1ccccc1. The van der Waals surface area contributed by atoms with E-state index in [1.54, 1.807) is 35.0 Å². The summed E-state index contributed by atoms with van der Waals surface area (Å²) in [7, 11) is 0. The number of non-ortho nitro benzene ring substituents is 1. The summed E-state index contributed by atoms with van der Waals surface area (Å²) in [5.74, 6) is 0. The summed E-state index contributed by atoms with van der Waals surface area (Å²) in [6, 6.07) is 19.0. The van der Waals surface area contributed by atoms with Gasteiger partial charge in [0.2, 0.25) is 0 Å². The summed E-state index contributed by atoms with van der Waals surface area (Å²) in [5, 5.41) is 11.4. The molecule has 0 spiro atoms. The molecule has 4 aromatic rings. The molecular formula is C20H14N4O3S. The largest absolute Gasteiger partial charge is 0.279 e. The van der Waals surface area contributed by atoms with Crippen LogP contribution in [0.1, 0.15) is 5.56 Å². The van der Waals surface area contributed by atoms with Gasteiger partial charge in [-0.1, -0.05) is 41.7 Å². The van der Waals surface area contributed by atoms with E-state index < -0.39 is 4.92 Å². The molecule has 28 heavy (non-hydrogen) atoms. The van der Waals surface area contributed by atoms with E-state index in [0.29, 0.717) is 27.3 Å². The lowest BCUT2D eigenvalue weighted by Crippen LogP contribution is -2.32. The molecule has 0 aliphatic carbocycles. The van der Waals surface area contributed by atoms with Gasteiger partial charge in [0.25, 0.3) is 11.2 Å². The summed E-state index contributed by atoms with van der Waals surface area (Å²) < 4.78 is 1.60. The minimum Gasteiger partial charge on any atom is -0.279 e. The molecule has 0 saturated carbocycles. The molecule has 0 bridgehead atoms. The van der Waals surface area contributed by atoms with Crippen molar-refractivity contribution in [2.45, 2.75) is 6.54 Å². The molecule has 0 radical (unpaired) electrons. The summed E-state index contributed by atoms with van der Waals surface area (Å²) in [4.78, 5) is 33.4. The Morgan fingerprint density at radius 3 is 2.50 bits per heavy atom. The monoisotopic (exact) mass is 390 g/mol. The Balaban J connectivity index is 1.91. The first-order chi connectivity index (χ1) is 13.6. The second-order valence-corrected chi connectivity index (χ2v) is 6.96. The van der Waals surface area contributed by atoms with Gasteiger partial charge in [-0.2, -0.15) is 0 Å². The Hall–Kier alpha value is -3.65. The highest BCUT2D eigenvalue weighted by Crippen LogP contribution is 2.18. The summed E-state index contributed by atoms with van der Waals surface area (Å²) in [5.41, 5.74) is 1.31. The quantitative estimate of drug-likeness (QED) is 0.393. The Morgan fingerprint density at radius 2 is 1.79 bits per heavy atom. The van der Waals surface area contributed by atoms with Crippen LogP contribution in [-0.2, 0) is 6.54 Å². The minimum absolute atomic E-state index is 0.00974. The molecule has 0 saturated heterocycles. The normalized spacial score (nSPS) is 11.6. The third-order valence-electron chi connectivity index (χ3n) is 4.13. The number of fused-ring (bicyclic) bond motifs is 1.